The van der Waals surface area contributed by atoms with Crippen LogP contribution in [0.3, 0.4) is 0 Å². The summed E-state index contributed by atoms with van der Waals surface area (Å²) >= 11 is 1.21. The van der Waals surface area contributed by atoms with Gasteiger partial charge in [-0.25, -0.2) is 8.42 Å². The van der Waals surface area contributed by atoms with E-state index in [0.717, 1.165) is 24.3 Å². The fourth-order valence-corrected chi connectivity index (χ4v) is 6.74. The van der Waals surface area contributed by atoms with Crippen molar-refractivity contribution in [1.82, 2.24) is 14.1 Å². The lowest BCUT2D eigenvalue weighted by Gasteiger charge is -2.34. The van der Waals surface area contributed by atoms with Crippen LogP contribution in [-0.4, -0.2) is 85.4 Å². The molecule has 0 unspecified atom stereocenters. The van der Waals surface area contributed by atoms with Gasteiger partial charge in [0.25, 0.3) is 0 Å². The van der Waals surface area contributed by atoms with Gasteiger partial charge in [-0.15, -0.1) is 11.8 Å². The van der Waals surface area contributed by atoms with Gasteiger partial charge in [0.2, 0.25) is 21.8 Å². The average Bonchev–Trinajstić information content (AvgIpc) is 2.78. The smallest absolute Gasteiger partial charge is 0.247 e. The van der Waals surface area contributed by atoms with E-state index in [9.17, 15) is 18.0 Å². The van der Waals surface area contributed by atoms with Crippen LogP contribution in [0, 0.1) is 5.92 Å². The van der Waals surface area contributed by atoms with Crippen molar-refractivity contribution in [1.29, 1.82) is 0 Å². The summed E-state index contributed by atoms with van der Waals surface area (Å²) < 4.78 is 27.7. The minimum absolute atomic E-state index is 0.162. The molecule has 170 valence electrons. The summed E-state index contributed by atoms with van der Waals surface area (Å²) in [6.45, 7) is 8.86. The fourth-order valence-electron chi connectivity index (χ4n) is 4.24. The number of piperidine rings is 1. The molecular weight excluding hydrogens is 436 g/mol. The Morgan fingerprint density at radius 3 is 2.45 bits per heavy atom. The zero-order chi connectivity index (χ0) is 22.2. The molecule has 0 bridgehead atoms. The zero-order valence-corrected chi connectivity index (χ0v) is 19.7. The van der Waals surface area contributed by atoms with E-state index in [4.69, 9.17) is 0 Å². The standard InChI is InChI=1S/C21H30N4O4S2/c1-3-23-10-12-25(13-11-23)31(28,29)16-4-5-18-17(14-16)22-20(26)19(30-18)21(27)24-8-6-15(2)7-9-24/h4-5,14-15,19H,3,6-13H2,1-2H3,(H,22,26)/t19-/m0/s1. The van der Waals surface area contributed by atoms with Crippen molar-refractivity contribution in [2.75, 3.05) is 51.1 Å². The van der Waals surface area contributed by atoms with Gasteiger partial charge in [-0.05, 0) is 43.5 Å². The molecule has 3 aliphatic rings. The topological polar surface area (TPSA) is 90.0 Å². The molecule has 31 heavy (non-hydrogen) atoms. The highest BCUT2D eigenvalue weighted by molar-refractivity contribution is 8.01. The molecule has 2 amide bonds. The molecule has 3 heterocycles. The van der Waals surface area contributed by atoms with E-state index in [1.54, 1.807) is 17.0 Å². The number of hydrogen-bond donors (Lipinski definition) is 1. The minimum atomic E-state index is -3.63. The van der Waals surface area contributed by atoms with E-state index in [1.807, 2.05) is 0 Å². The molecule has 1 atom stereocenters. The van der Waals surface area contributed by atoms with Gasteiger partial charge in [0.1, 0.15) is 0 Å². The Hall–Kier alpha value is -1.62. The Bertz CT molecular complexity index is 952. The number of hydrogen-bond acceptors (Lipinski definition) is 6. The highest BCUT2D eigenvalue weighted by atomic mass is 32.2. The molecule has 0 aromatic heterocycles. The van der Waals surface area contributed by atoms with Crippen LogP contribution in [0.5, 0.6) is 0 Å². The van der Waals surface area contributed by atoms with E-state index in [1.165, 1.54) is 22.1 Å². The van der Waals surface area contributed by atoms with Crippen molar-refractivity contribution in [2.24, 2.45) is 5.92 Å². The van der Waals surface area contributed by atoms with E-state index in [0.29, 0.717) is 50.9 Å². The molecule has 0 radical (unpaired) electrons. The summed E-state index contributed by atoms with van der Waals surface area (Å²) in [5.74, 6) is 0.0562. The van der Waals surface area contributed by atoms with Crippen molar-refractivity contribution in [3.05, 3.63) is 18.2 Å². The molecule has 0 saturated carbocycles. The number of likely N-dealkylation sites (N-methyl/N-ethyl adjacent to an activating group) is 1. The first-order chi connectivity index (χ1) is 14.8. The number of nitrogens with one attached hydrogen (secondary N) is 1. The van der Waals surface area contributed by atoms with Crippen molar-refractivity contribution in [2.45, 2.75) is 41.7 Å². The van der Waals surface area contributed by atoms with Crippen molar-refractivity contribution in [3.63, 3.8) is 0 Å². The van der Waals surface area contributed by atoms with Gasteiger partial charge in [0.05, 0.1) is 10.6 Å². The largest absolute Gasteiger partial charge is 0.341 e. The highest BCUT2D eigenvalue weighted by Gasteiger charge is 2.37. The lowest BCUT2D eigenvalue weighted by Crippen LogP contribution is -2.48. The number of rotatable bonds is 4. The summed E-state index contributed by atoms with van der Waals surface area (Å²) in [6.07, 6.45) is 1.91. The first kappa shape index (κ1) is 22.6. The second kappa shape index (κ2) is 9.09. The van der Waals surface area contributed by atoms with Gasteiger partial charge in [-0.2, -0.15) is 4.31 Å². The quantitative estimate of drug-likeness (QED) is 0.679. The minimum Gasteiger partial charge on any atom is -0.341 e. The summed E-state index contributed by atoms with van der Waals surface area (Å²) in [5, 5.41) is 1.94. The maximum atomic E-state index is 13.1. The molecule has 2 fully saturated rings. The van der Waals surface area contributed by atoms with Gasteiger partial charge in [0, 0.05) is 44.2 Å². The average molecular weight is 467 g/mol. The molecule has 8 nitrogen and oxygen atoms in total. The summed E-state index contributed by atoms with van der Waals surface area (Å²) in [5.41, 5.74) is 0.458. The lowest BCUT2D eigenvalue weighted by atomic mass is 9.99. The molecule has 0 spiro atoms. The van der Waals surface area contributed by atoms with E-state index >= 15 is 0 Å². The summed E-state index contributed by atoms with van der Waals surface area (Å²) in [7, 11) is -3.63. The van der Waals surface area contributed by atoms with Crippen molar-refractivity contribution >= 4 is 39.3 Å². The molecule has 4 rings (SSSR count). The molecule has 3 aliphatic heterocycles. The maximum absolute atomic E-state index is 13.1. The third-order valence-corrected chi connectivity index (χ3v) is 9.58. The molecule has 0 aliphatic carbocycles. The summed E-state index contributed by atoms with van der Waals surface area (Å²) in [6, 6.07) is 4.80. The number of anilines is 1. The third-order valence-electron chi connectivity index (χ3n) is 6.43. The van der Waals surface area contributed by atoms with Crippen LogP contribution in [-0.2, 0) is 19.6 Å². The molecule has 1 N–H and O–H groups in total. The predicted molar refractivity (Wildman–Crippen MR) is 121 cm³/mol. The fraction of sp³-hybridized carbons (Fsp3) is 0.619. The molecule has 10 heteroatoms. The number of carbonyl (C=O) groups excluding carboxylic acids is 2. The van der Waals surface area contributed by atoms with Crippen LogP contribution >= 0.6 is 11.8 Å². The van der Waals surface area contributed by atoms with Gasteiger partial charge >= 0.3 is 0 Å². The van der Waals surface area contributed by atoms with Crippen molar-refractivity contribution < 1.29 is 18.0 Å². The number of likely N-dealkylation sites (tertiary alicyclic amines) is 1. The van der Waals surface area contributed by atoms with Crippen molar-refractivity contribution in [3.8, 4) is 0 Å². The number of piperazine rings is 1. The van der Waals surface area contributed by atoms with Gasteiger partial charge in [-0.1, -0.05) is 13.8 Å². The Morgan fingerprint density at radius 1 is 1.13 bits per heavy atom. The van der Waals surface area contributed by atoms with E-state index in [-0.39, 0.29) is 16.7 Å². The lowest BCUT2D eigenvalue weighted by molar-refractivity contribution is -0.135. The first-order valence-corrected chi connectivity index (χ1v) is 13.2. The van der Waals surface area contributed by atoms with E-state index < -0.39 is 15.3 Å². The number of carbonyl (C=O) groups is 2. The Kier molecular flexibility index (Phi) is 6.62. The van der Waals surface area contributed by atoms with Gasteiger partial charge in [-0.3, -0.25) is 9.59 Å². The zero-order valence-electron chi connectivity index (χ0n) is 18.0. The van der Waals surface area contributed by atoms with Gasteiger partial charge in [0.15, 0.2) is 5.25 Å². The van der Waals surface area contributed by atoms with Crippen LogP contribution in [0.25, 0.3) is 0 Å². The number of fused-ring (bicyclic) bond motifs is 1. The van der Waals surface area contributed by atoms with Crippen LogP contribution in [0.4, 0.5) is 5.69 Å². The second-order valence-electron chi connectivity index (χ2n) is 8.49. The van der Waals surface area contributed by atoms with Crippen LogP contribution < -0.4 is 5.32 Å². The first-order valence-electron chi connectivity index (χ1n) is 10.9. The predicted octanol–water partition coefficient (Wildman–Crippen LogP) is 1.68. The second-order valence-corrected chi connectivity index (χ2v) is 11.6. The monoisotopic (exact) mass is 466 g/mol. The molecule has 1 aromatic carbocycles. The van der Waals surface area contributed by atoms with Crippen LogP contribution in [0.2, 0.25) is 0 Å². The highest BCUT2D eigenvalue weighted by Crippen LogP contribution is 2.38. The van der Waals surface area contributed by atoms with Crippen LogP contribution in [0.15, 0.2) is 28.0 Å². The number of nitrogens with zero attached hydrogens (tertiary/aromatic N) is 3. The normalized spacial score (nSPS) is 24.0. The van der Waals surface area contributed by atoms with E-state index in [2.05, 4.69) is 24.1 Å². The van der Waals surface area contributed by atoms with Gasteiger partial charge < -0.3 is 15.1 Å². The Balaban J connectivity index is 1.48. The number of benzene rings is 1. The summed E-state index contributed by atoms with van der Waals surface area (Å²) in [4.78, 5) is 30.5. The Labute approximate surface area is 188 Å². The number of thioether (sulfide) groups is 1. The SMILES string of the molecule is CCN1CCN(S(=O)(=O)c2ccc3c(c2)NC(=O)[C@@H](C(=O)N2CCC(C)CC2)S3)CC1. The Morgan fingerprint density at radius 2 is 1.81 bits per heavy atom. The molecule has 1 aromatic rings. The van der Waals surface area contributed by atoms with Crippen LogP contribution in [0.1, 0.15) is 26.7 Å². The maximum Gasteiger partial charge on any atom is 0.247 e. The third kappa shape index (κ3) is 4.62. The number of amides is 2. The number of sulfonamides is 1. The molecule has 2 saturated heterocycles. The molecular formula is C21H30N4O4S2.